The lowest BCUT2D eigenvalue weighted by molar-refractivity contribution is -0.137. The van der Waals surface area contributed by atoms with Crippen LogP contribution in [0, 0.1) is 5.82 Å². The second-order valence-electron chi connectivity index (χ2n) is 8.60. The van der Waals surface area contributed by atoms with E-state index in [4.69, 9.17) is 9.84 Å². The molecule has 0 spiro atoms. The number of anilines is 2. The lowest BCUT2D eigenvalue weighted by Gasteiger charge is -2.35. The van der Waals surface area contributed by atoms with Gasteiger partial charge >= 0.3 is 12.3 Å². The number of carbonyl (C=O) groups is 2. The normalized spacial score (nSPS) is 15.4. The van der Waals surface area contributed by atoms with Crippen LogP contribution in [0.3, 0.4) is 0 Å². The zero-order valence-electron chi connectivity index (χ0n) is 20.4. The van der Waals surface area contributed by atoms with Gasteiger partial charge in [0.2, 0.25) is 5.91 Å². The number of halogens is 4. The van der Waals surface area contributed by atoms with Gasteiger partial charge in [-0.05, 0) is 60.7 Å². The van der Waals surface area contributed by atoms with Gasteiger partial charge in [0.25, 0.3) is 20.0 Å². The Hall–Kier alpha value is -4.38. The Kier molecular flexibility index (Phi) is 7.86. The van der Waals surface area contributed by atoms with Crippen LogP contribution in [-0.2, 0) is 31.0 Å². The van der Waals surface area contributed by atoms with Crippen LogP contribution in [0.2, 0.25) is 0 Å². The fourth-order valence-electron chi connectivity index (χ4n) is 3.88. The minimum absolute atomic E-state index is 0.0920. The molecule has 3 N–H and O–H groups in total. The van der Waals surface area contributed by atoms with E-state index in [0.717, 1.165) is 42.5 Å². The summed E-state index contributed by atoms with van der Waals surface area (Å²) in [5, 5.41) is 11.0. The van der Waals surface area contributed by atoms with Crippen LogP contribution < -0.4 is 19.1 Å². The summed E-state index contributed by atoms with van der Waals surface area (Å²) in [4.78, 5) is 22.5. The molecule has 218 valence electrons. The summed E-state index contributed by atoms with van der Waals surface area (Å²) in [6.07, 6.45) is -8.39. The Morgan fingerprint density at radius 2 is 1.66 bits per heavy atom. The minimum atomic E-state index is -4.86. The van der Waals surface area contributed by atoms with Crippen LogP contribution in [0.4, 0.5) is 33.7 Å². The summed E-state index contributed by atoms with van der Waals surface area (Å²) < 4.78 is 113. The second-order valence-corrected chi connectivity index (χ2v) is 12.1. The molecule has 0 saturated carbocycles. The number of hydrogen-bond acceptors (Lipinski definition) is 7. The first-order valence-corrected chi connectivity index (χ1v) is 14.3. The molecule has 0 radical (unpaired) electrons. The summed E-state index contributed by atoms with van der Waals surface area (Å²) in [6, 6.07) is 9.95. The molecule has 1 aliphatic rings. The number of sulfonamides is 2. The number of hydrogen-bond donors (Lipinski definition) is 3. The molecular formula is C24H19F4N3O8S2. The topological polar surface area (TPSA) is 159 Å². The largest absolute Gasteiger partial charge is 0.486 e. The van der Waals surface area contributed by atoms with Crippen molar-refractivity contribution in [2.75, 3.05) is 16.2 Å². The first-order chi connectivity index (χ1) is 19.1. The van der Waals surface area contributed by atoms with E-state index in [0.29, 0.717) is 16.4 Å². The highest BCUT2D eigenvalue weighted by Crippen LogP contribution is 2.40. The number of nitrogens with one attached hydrogen (secondary N) is 2. The number of benzene rings is 3. The van der Waals surface area contributed by atoms with E-state index in [9.17, 15) is 44.0 Å². The number of nitrogens with zero attached hydrogens (tertiary/aromatic N) is 1. The van der Waals surface area contributed by atoms with Gasteiger partial charge in [-0.3, -0.25) is 14.4 Å². The summed E-state index contributed by atoms with van der Waals surface area (Å²) in [5.41, 5.74) is -1.58. The zero-order valence-corrected chi connectivity index (χ0v) is 22.1. The summed E-state index contributed by atoms with van der Waals surface area (Å²) in [6.45, 7) is -0.661. The van der Waals surface area contributed by atoms with E-state index in [1.54, 1.807) is 4.72 Å². The zero-order chi connectivity index (χ0) is 30.2. The van der Waals surface area contributed by atoms with Gasteiger partial charge in [-0.2, -0.15) is 13.2 Å². The molecule has 1 heterocycles. The molecule has 0 fully saturated rings. The smallest absolute Gasteiger partial charge is 0.416 e. The van der Waals surface area contributed by atoms with E-state index in [1.165, 1.54) is 12.1 Å². The van der Waals surface area contributed by atoms with Gasteiger partial charge in [-0.15, -0.1) is 0 Å². The van der Waals surface area contributed by atoms with Gasteiger partial charge in [0.1, 0.15) is 17.7 Å². The third kappa shape index (κ3) is 6.68. The number of carbonyl (C=O) groups excluding carboxylic acids is 1. The Balaban J connectivity index is 1.67. The second kappa shape index (κ2) is 10.9. The van der Waals surface area contributed by atoms with Crippen molar-refractivity contribution in [3.05, 3.63) is 78.1 Å². The standard InChI is InChI=1S/C24H19F4N3O8S2/c25-15-4-7-18(8-5-15)40(35,36)30-22(32)12-17-13-31(20-11-16(29-23(33)34)6-9-21(20)39-17)41(37,38)19-3-1-2-14(10-19)24(26,27)28/h1-11,17,29H,12-13H2,(H,30,32)(H,33,34). The number of fused-ring (bicyclic) bond motifs is 1. The molecule has 1 atom stereocenters. The summed E-state index contributed by atoms with van der Waals surface area (Å²) in [5.74, 6) is -2.02. The Bertz CT molecular complexity index is 1710. The average Bonchev–Trinajstić information content (AvgIpc) is 2.87. The van der Waals surface area contributed by atoms with Crippen LogP contribution in [-0.4, -0.2) is 46.6 Å². The molecule has 1 aliphatic heterocycles. The predicted molar refractivity (Wildman–Crippen MR) is 135 cm³/mol. The molecule has 0 saturated heterocycles. The fraction of sp³-hybridized carbons (Fsp3) is 0.167. The molecule has 0 aliphatic carbocycles. The van der Waals surface area contributed by atoms with Gasteiger partial charge in [0.05, 0.1) is 34.0 Å². The van der Waals surface area contributed by atoms with E-state index >= 15 is 0 Å². The van der Waals surface area contributed by atoms with Crippen LogP contribution in [0.5, 0.6) is 5.75 Å². The van der Waals surface area contributed by atoms with Gasteiger partial charge in [-0.25, -0.2) is 30.7 Å². The molecule has 0 bridgehead atoms. The fourth-order valence-corrected chi connectivity index (χ4v) is 6.42. The van der Waals surface area contributed by atoms with Crippen molar-refractivity contribution < 1.29 is 53.8 Å². The molecule has 3 aromatic carbocycles. The molecule has 11 nitrogen and oxygen atoms in total. The molecular weight excluding hydrogens is 598 g/mol. The van der Waals surface area contributed by atoms with Gasteiger partial charge < -0.3 is 9.84 Å². The van der Waals surface area contributed by atoms with Crippen molar-refractivity contribution >= 4 is 43.4 Å². The Labute approximate surface area is 230 Å². The van der Waals surface area contributed by atoms with Crippen LogP contribution in [0.1, 0.15) is 12.0 Å². The van der Waals surface area contributed by atoms with Gasteiger partial charge in [-0.1, -0.05) is 6.07 Å². The highest BCUT2D eigenvalue weighted by atomic mass is 32.2. The highest BCUT2D eigenvalue weighted by molar-refractivity contribution is 7.92. The third-order valence-corrected chi connectivity index (χ3v) is 8.84. The van der Waals surface area contributed by atoms with Crippen molar-refractivity contribution in [1.82, 2.24) is 4.72 Å². The maximum absolute atomic E-state index is 13.6. The molecule has 0 aromatic heterocycles. The van der Waals surface area contributed by atoms with Crippen molar-refractivity contribution in [3.8, 4) is 5.75 Å². The summed E-state index contributed by atoms with van der Waals surface area (Å²) in [7, 11) is -9.19. The third-order valence-electron chi connectivity index (χ3n) is 5.68. The Morgan fingerprint density at radius 3 is 2.29 bits per heavy atom. The number of rotatable bonds is 7. The van der Waals surface area contributed by atoms with E-state index < -0.39 is 78.5 Å². The van der Waals surface area contributed by atoms with Crippen LogP contribution in [0.15, 0.2) is 76.5 Å². The van der Waals surface area contributed by atoms with Gasteiger partial charge in [0, 0.05) is 5.69 Å². The Morgan fingerprint density at radius 1 is 0.976 bits per heavy atom. The highest BCUT2D eigenvalue weighted by Gasteiger charge is 2.38. The van der Waals surface area contributed by atoms with Gasteiger partial charge in [0.15, 0.2) is 0 Å². The van der Waals surface area contributed by atoms with Crippen molar-refractivity contribution in [2.24, 2.45) is 0 Å². The average molecular weight is 618 g/mol. The maximum Gasteiger partial charge on any atom is 0.416 e. The van der Waals surface area contributed by atoms with E-state index in [1.807, 2.05) is 5.32 Å². The first kappa shape index (κ1) is 29.6. The quantitative estimate of drug-likeness (QED) is 0.338. The molecule has 1 unspecified atom stereocenters. The van der Waals surface area contributed by atoms with Crippen LogP contribution >= 0.6 is 0 Å². The van der Waals surface area contributed by atoms with Crippen LogP contribution in [0.25, 0.3) is 0 Å². The van der Waals surface area contributed by atoms with E-state index in [2.05, 4.69) is 0 Å². The van der Waals surface area contributed by atoms with Crippen molar-refractivity contribution in [3.63, 3.8) is 0 Å². The maximum atomic E-state index is 13.6. The van der Waals surface area contributed by atoms with Crippen molar-refractivity contribution in [1.29, 1.82) is 0 Å². The lowest BCUT2D eigenvalue weighted by atomic mass is 10.1. The van der Waals surface area contributed by atoms with Crippen molar-refractivity contribution in [2.45, 2.75) is 28.5 Å². The minimum Gasteiger partial charge on any atom is -0.486 e. The monoisotopic (exact) mass is 617 g/mol. The van der Waals surface area contributed by atoms with E-state index in [-0.39, 0.29) is 17.1 Å². The SMILES string of the molecule is O=C(O)Nc1ccc2c(c1)N(S(=O)(=O)c1cccc(C(F)(F)F)c1)CC(CC(=O)NS(=O)(=O)c1ccc(F)cc1)O2. The molecule has 41 heavy (non-hydrogen) atoms. The number of amides is 2. The molecule has 4 rings (SSSR count). The number of carboxylic acid groups (broad SMARTS) is 1. The number of alkyl halides is 3. The summed E-state index contributed by atoms with van der Waals surface area (Å²) >= 11 is 0. The molecule has 3 aromatic rings. The first-order valence-electron chi connectivity index (χ1n) is 11.4. The predicted octanol–water partition coefficient (Wildman–Crippen LogP) is 3.79. The number of ether oxygens (including phenoxy) is 1. The molecule has 2 amide bonds. The molecule has 17 heteroatoms. The lowest BCUT2D eigenvalue weighted by Crippen LogP contribution is -2.46.